The molecule has 0 fully saturated rings. The number of rotatable bonds is 11. The number of carbonyl (C=O) groups is 2. The molecule has 2 N–H and O–H groups in total. The van der Waals surface area contributed by atoms with Gasteiger partial charge in [-0.25, -0.2) is 0 Å². The molecular weight excluding hydrogens is 230 g/mol. The summed E-state index contributed by atoms with van der Waals surface area (Å²) in [5.74, 6) is 0.0866. The van der Waals surface area contributed by atoms with Crippen molar-refractivity contribution in [3.63, 3.8) is 0 Å². The summed E-state index contributed by atoms with van der Waals surface area (Å²) in [5, 5.41) is 11.3. The number of carboxylic acid groups (broad SMARTS) is 1. The molecule has 4 heteroatoms. The Morgan fingerprint density at radius 2 is 1.67 bits per heavy atom. The SMILES string of the molecule is CC(C)CCCCC(=O)NCCCCCC(=O)O. The highest BCUT2D eigenvalue weighted by Crippen LogP contribution is 2.07. The van der Waals surface area contributed by atoms with Crippen LogP contribution in [0.15, 0.2) is 0 Å². The summed E-state index contributed by atoms with van der Waals surface area (Å²) < 4.78 is 0. The Morgan fingerprint density at radius 3 is 2.28 bits per heavy atom. The maximum absolute atomic E-state index is 11.4. The van der Waals surface area contributed by atoms with Crippen molar-refractivity contribution < 1.29 is 14.7 Å². The molecule has 0 unspecified atom stereocenters. The summed E-state index contributed by atoms with van der Waals surface area (Å²) in [4.78, 5) is 21.7. The molecule has 0 aromatic carbocycles. The van der Waals surface area contributed by atoms with E-state index in [4.69, 9.17) is 5.11 Å². The van der Waals surface area contributed by atoms with Crippen LogP contribution < -0.4 is 5.32 Å². The lowest BCUT2D eigenvalue weighted by Gasteiger charge is -2.06. The van der Waals surface area contributed by atoms with Crippen molar-refractivity contribution in [2.24, 2.45) is 5.92 Å². The molecule has 0 aliphatic heterocycles. The number of amides is 1. The number of aliphatic carboxylic acids is 1. The normalized spacial score (nSPS) is 10.6. The minimum absolute atomic E-state index is 0.122. The van der Waals surface area contributed by atoms with Gasteiger partial charge in [0, 0.05) is 19.4 Å². The van der Waals surface area contributed by atoms with Crippen LogP contribution in [-0.4, -0.2) is 23.5 Å². The minimum atomic E-state index is -0.746. The van der Waals surface area contributed by atoms with Crippen LogP contribution in [0, 0.1) is 5.92 Å². The Labute approximate surface area is 110 Å². The maximum atomic E-state index is 11.4. The molecule has 0 saturated heterocycles. The molecule has 0 aromatic rings. The molecule has 0 radical (unpaired) electrons. The molecule has 0 aliphatic rings. The Balaban J connectivity index is 3.24. The fourth-order valence-electron chi connectivity index (χ4n) is 1.73. The third-order valence-corrected chi connectivity index (χ3v) is 2.82. The second-order valence-corrected chi connectivity index (χ2v) is 5.19. The zero-order valence-corrected chi connectivity index (χ0v) is 11.7. The van der Waals surface area contributed by atoms with Crippen molar-refractivity contribution in [1.82, 2.24) is 5.32 Å². The monoisotopic (exact) mass is 257 g/mol. The smallest absolute Gasteiger partial charge is 0.303 e. The van der Waals surface area contributed by atoms with Crippen LogP contribution in [0.4, 0.5) is 0 Å². The molecule has 106 valence electrons. The minimum Gasteiger partial charge on any atom is -0.481 e. The van der Waals surface area contributed by atoms with Crippen molar-refractivity contribution in [3.05, 3.63) is 0 Å². The Kier molecular flexibility index (Phi) is 10.4. The quantitative estimate of drug-likeness (QED) is 0.559. The first kappa shape index (κ1) is 16.9. The summed E-state index contributed by atoms with van der Waals surface area (Å²) in [6.45, 7) is 5.05. The summed E-state index contributed by atoms with van der Waals surface area (Å²) in [6.07, 6.45) is 6.52. The van der Waals surface area contributed by atoms with Crippen molar-refractivity contribution in [3.8, 4) is 0 Å². The number of nitrogens with one attached hydrogen (secondary N) is 1. The zero-order valence-electron chi connectivity index (χ0n) is 11.7. The third kappa shape index (κ3) is 13.0. The standard InChI is InChI=1S/C14H27NO3/c1-12(2)8-5-6-9-13(16)15-11-7-3-4-10-14(17)18/h12H,3-11H2,1-2H3,(H,15,16)(H,17,18). The number of carboxylic acids is 1. The summed E-state index contributed by atoms with van der Waals surface area (Å²) in [7, 11) is 0. The molecule has 1 amide bonds. The second kappa shape index (κ2) is 11.1. The highest BCUT2D eigenvalue weighted by Gasteiger charge is 2.01. The lowest BCUT2D eigenvalue weighted by molar-refractivity contribution is -0.137. The zero-order chi connectivity index (χ0) is 13.8. The molecule has 18 heavy (non-hydrogen) atoms. The average molecular weight is 257 g/mol. The average Bonchev–Trinajstić information content (AvgIpc) is 2.28. The molecule has 0 spiro atoms. The van der Waals surface area contributed by atoms with Gasteiger partial charge in [-0.2, -0.15) is 0 Å². The Hall–Kier alpha value is -1.06. The van der Waals surface area contributed by atoms with Gasteiger partial charge in [0.05, 0.1) is 0 Å². The van der Waals surface area contributed by atoms with E-state index in [1.165, 1.54) is 6.42 Å². The van der Waals surface area contributed by atoms with Gasteiger partial charge in [-0.3, -0.25) is 9.59 Å². The molecule has 0 bridgehead atoms. The predicted octanol–water partition coefficient (Wildman–Crippen LogP) is 2.96. The summed E-state index contributed by atoms with van der Waals surface area (Å²) in [6, 6.07) is 0. The van der Waals surface area contributed by atoms with Crippen LogP contribution >= 0.6 is 0 Å². The van der Waals surface area contributed by atoms with Crippen molar-refractivity contribution in [2.45, 2.75) is 65.2 Å². The molecule has 0 saturated carbocycles. The molecular formula is C14H27NO3. The fraction of sp³-hybridized carbons (Fsp3) is 0.857. The summed E-state index contributed by atoms with van der Waals surface area (Å²) in [5.41, 5.74) is 0. The van der Waals surface area contributed by atoms with Crippen molar-refractivity contribution in [2.75, 3.05) is 6.54 Å². The maximum Gasteiger partial charge on any atom is 0.303 e. The number of hydrogen-bond acceptors (Lipinski definition) is 2. The fourth-order valence-corrected chi connectivity index (χ4v) is 1.73. The van der Waals surface area contributed by atoms with Gasteiger partial charge in [-0.05, 0) is 25.2 Å². The van der Waals surface area contributed by atoms with E-state index < -0.39 is 5.97 Å². The van der Waals surface area contributed by atoms with Crippen LogP contribution in [-0.2, 0) is 9.59 Å². The van der Waals surface area contributed by atoms with Crippen LogP contribution in [0.2, 0.25) is 0 Å². The summed E-state index contributed by atoms with van der Waals surface area (Å²) >= 11 is 0. The lowest BCUT2D eigenvalue weighted by Crippen LogP contribution is -2.24. The van der Waals surface area contributed by atoms with E-state index in [-0.39, 0.29) is 12.3 Å². The first-order valence-corrected chi connectivity index (χ1v) is 7.01. The van der Waals surface area contributed by atoms with Crippen molar-refractivity contribution in [1.29, 1.82) is 0 Å². The van der Waals surface area contributed by atoms with Gasteiger partial charge in [-0.15, -0.1) is 0 Å². The van der Waals surface area contributed by atoms with E-state index >= 15 is 0 Å². The van der Waals surface area contributed by atoms with Gasteiger partial charge in [0.2, 0.25) is 5.91 Å². The Bertz CT molecular complexity index is 239. The van der Waals surface area contributed by atoms with Gasteiger partial charge in [0.15, 0.2) is 0 Å². The molecule has 0 atom stereocenters. The van der Waals surface area contributed by atoms with Gasteiger partial charge < -0.3 is 10.4 Å². The topological polar surface area (TPSA) is 66.4 Å². The highest BCUT2D eigenvalue weighted by molar-refractivity contribution is 5.75. The van der Waals surface area contributed by atoms with E-state index in [9.17, 15) is 9.59 Å². The van der Waals surface area contributed by atoms with Crippen LogP contribution in [0.25, 0.3) is 0 Å². The van der Waals surface area contributed by atoms with Crippen LogP contribution in [0.1, 0.15) is 65.2 Å². The van der Waals surface area contributed by atoms with E-state index in [1.807, 2.05) is 0 Å². The molecule has 0 rings (SSSR count). The van der Waals surface area contributed by atoms with E-state index in [2.05, 4.69) is 19.2 Å². The van der Waals surface area contributed by atoms with E-state index in [0.29, 0.717) is 25.3 Å². The van der Waals surface area contributed by atoms with Crippen molar-refractivity contribution >= 4 is 11.9 Å². The lowest BCUT2D eigenvalue weighted by atomic mass is 10.1. The van der Waals surface area contributed by atoms with Gasteiger partial charge in [0.1, 0.15) is 0 Å². The second-order valence-electron chi connectivity index (χ2n) is 5.19. The molecule has 0 heterocycles. The number of hydrogen-bond donors (Lipinski definition) is 2. The van der Waals surface area contributed by atoms with Crippen LogP contribution in [0.3, 0.4) is 0 Å². The number of unbranched alkanes of at least 4 members (excludes halogenated alkanes) is 3. The first-order chi connectivity index (χ1) is 8.52. The molecule has 0 aromatic heterocycles. The largest absolute Gasteiger partial charge is 0.481 e. The molecule has 4 nitrogen and oxygen atoms in total. The van der Waals surface area contributed by atoms with E-state index in [1.54, 1.807) is 0 Å². The molecule has 0 aliphatic carbocycles. The highest BCUT2D eigenvalue weighted by atomic mass is 16.4. The van der Waals surface area contributed by atoms with Gasteiger partial charge in [0.25, 0.3) is 0 Å². The predicted molar refractivity (Wildman–Crippen MR) is 72.4 cm³/mol. The Morgan fingerprint density at radius 1 is 1.00 bits per heavy atom. The number of carbonyl (C=O) groups excluding carboxylic acids is 1. The van der Waals surface area contributed by atoms with Gasteiger partial charge in [-0.1, -0.05) is 33.1 Å². The first-order valence-electron chi connectivity index (χ1n) is 7.01. The van der Waals surface area contributed by atoms with E-state index in [0.717, 1.165) is 25.7 Å². The third-order valence-electron chi connectivity index (χ3n) is 2.82. The van der Waals surface area contributed by atoms with Gasteiger partial charge >= 0.3 is 5.97 Å². The van der Waals surface area contributed by atoms with Crippen LogP contribution in [0.5, 0.6) is 0 Å².